The Morgan fingerprint density at radius 3 is 2.74 bits per heavy atom. The predicted molar refractivity (Wildman–Crippen MR) is 87.4 cm³/mol. The first-order chi connectivity index (χ1) is 10.9. The molecule has 0 aliphatic carbocycles. The number of nitrogens with one attached hydrogen (secondary N) is 2. The molecule has 0 saturated carbocycles. The molecule has 0 aliphatic heterocycles. The first-order valence-corrected chi connectivity index (χ1v) is 8.27. The van der Waals surface area contributed by atoms with Crippen LogP contribution in [0.5, 0.6) is 0 Å². The summed E-state index contributed by atoms with van der Waals surface area (Å²) in [5, 5.41) is 11.0. The minimum absolute atomic E-state index is 0.0159. The Balaban J connectivity index is 1.92. The number of rotatable bonds is 7. The van der Waals surface area contributed by atoms with Crippen LogP contribution in [0.15, 0.2) is 9.00 Å². The highest BCUT2D eigenvalue weighted by atomic mass is 79.9. The van der Waals surface area contributed by atoms with E-state index in [0.717, 1.165) is 28.8 Å². The standard InChI is InChI=1S/C14H21BrN6O2/c1-9-12(15)10(2)21(18-9)8-11-17-14(23-19-11)13(22)16-6-5-7-20(3)4/h5-8H2,1-4H3,(H,16,22)/p+1. The normalized spacial score (nSPS) is 11.2. The summed E-state index contributed by atoms with van der Waals surface area (Å²) >= 11 is 3.47. The van der Waals surface area contributed by atoms with E-state index < -0.39 is 0 Å². The second kappa shape index (κ2) is 7.69. The summed E-state index contributed by atoms with van der Waals surface area (Å²) in [6.45, 7) is 5.80. The molecule has 0 unspecified atom stereocenters. The SMILES string of the molecule is Cc1nn(Cc2noc(C(=O)NCCC[NH+](C)C)n2)c(C)c1Br. The molecule has 0 radical (unpaired) electrons. The molecule has 2 rings (SSSR count). The Kier molecular flexibility index (Phi) is 5.89. The Bertz CT molecular complexity index is 679. The van der Waals surface area contributed by atoms with E-state index in [4.69, 9.17) is 4.52 Å². The van der Waals surface area contributed by atoms with Crippen molar-refractivity contribution in [2.24, 2.45) is 0 Å². The van der Waals surface area contributed by atoms with Crippen LogP contribution in [0.4, 0.5) is 0 Å². The molecule has 126 valence electrons. The number of carbonyl (C=O) groups is 1. The number of carbonyl (C=O) groups excluding carboxylic acids is 1. The third-order valence-electron chi connectivity index (χ3n) is 3.39. The highest BCUT2D eigenvalue weighted by Crippen LogP contribution is 2.20. The van der Waals surface area contributed by atoms with Crippen LogP contribution >= 0.6 is 15.9 Å². The van der Waals surface area contributed by atoms with Gasteiger partial charge in [0, 0.05) is 13.0 Å². The minimum Gasteiger partial charge on any atom is -0.348 e. The van der Waals surface area contributed by atoms with Crippen molar-refractivity contribution in [3.05, 3.63) is 27.6 Å². The molecule has 0 atom stereocenters. The summed E-state index contributed by atoms with van der Waals surface area (Å²) in [6.07, 6.45) is 0.898. The number of amides is 1. The van der Waals surface area contributed by atoms with E-state index in [0.29, 0.717) is 18.9 Å². The summed E-state index contributed by atoms with van der Waals surface area (Å²) < 4.78 is 7.75. The summed E-state index contributed by atoms with van der Waals surface area (Å²) in [6, 6.07) is 0. The van der Waals surface area contributed by atoms with Crippen LogP contribution in [0.1, 0.15) is 34.3 Å². The van der Waals surface area contributed by atoms with Crippen molar-refractivity contribution < 1.29 is 14.2 Å². The molecule has 2 heterocycles. The zero-order valence-electron chi connectivity index (χ0n) is 13.8. The molecule has 0 bridgehead atoms. The number of hydrogen-bond acceptors (Lipinski definition) is 5. The molecule has 2 N–H and O–H groups in total. The van der Waals surface area contributed by atoms with E-state index >= 15 is 0 Å². The quantitative estimate of drug-likeness (QED) is 0.652. The first-order valence-electron chi connectivity index (χ1n) is 7.47. The van der Waals surface area contributed by atoms with E-state index in [1.807, 2.05) is 13.8 Å². The molecular weight excluding hydrogens is 364 g/mol. The fourth-order valence-electron chi connectivity index (χ4n) is 2.09. The van der Waals surface area contributed by atoms with E-state index in [9.17, 15) is 4.79 Å². The Morgan fingerprint density at radius 2 is 2.13 bits per heavy atom. The molecular formula is C14H22BrN6O2+. The van der Waals surface area contributed by atoms with Crippen LogP contribution in [0.3, 0.4) is 0 Å². The maximum absolute atomic E-state index is 11.9. The minimum atomic E-state index is -0.341. The predicted octanol–water partition coefficient (Wildman–Crippen LogP) is -0.0419. The van der Waals surface area contributed by atoms with Crippen molar-refractivity contribution in [1.82, 2.24) is 25.2 Å². The maximum Gasteiger partial charge on any atom is 0.316 e. The van der Waals surface area contributed by atoms with Gasteiger partial charge >= 0.3 is 11.8 Å². The summed E-state index contributed by atoms with van der Waals surface area (Å²) in [5.74, 6) is 0.0656. The Hall–Kier alpha value is -1.74. The average Bonchev–Trinajstić information content (AvgIpc) is 3.05. The van der Waals surface area contributed by atoms with Gasteiger partial charge in [-0.3, -0.25) is 9.48 Å². The van der Waals surface area contributed by atoms with Gasteiger partial charge in [-0.05, 0) is 29.8 Å². The molecule has 0 spiro atoms. The summed E-state index contributed by atoms with van der Waals surface area (Å²) in [7, 11) is 4.15. The van der Waals surface area contributed by atoms with Crippen molar-refractivity contribution in [3.8, 4) is 0 Å². The molecule has 8 nitrogen and oxygen atoms in total. The van der Waals surface area contributed by atoms with Crippen molar-refractivity contribution in [2.45, 2.75) is 26.8 Å². The van der Waals surface area contributed by atoms with Gasteiger partial charge in [-0.2, -0.15) is 10.1 Å². The molecule has 23 heavy (non-hydrogen) atoms. The Labute approximate surface area is 143 Å². The third kappa shape index (κ3) is 4.61. The lowest BCUT2D eigenvalue weighted by molar-refractivity contribution is -0.858. The number of nitrogens with zero attached hydrogens (tertiary/aromatic N) is 4. The lowest BCUT2D eigenvalue weighted by atomic mass is 10.4. The van der Waals surface area contributed by atoms with Gasteiger partial charge < -0.3 is 14.7 Å². The van der Waals surface area contributed by atoms with Crippen LogP contribution in [-0.2, 0) is 6.54 Å². The second-order valence-corrected chi connectivity index (χ2v) is 6.52. The molecule has 0 aliphatic rings. The maximum atomic E-state index is 11.9. The largest absolute Gasteiger partial charge is 0.348 e. The zero-order chi connectivity index (χ0) is 17.0. The van der Waals surface area contributed by atoms with Gasteiger partial charge in [-0.1, -0.05) is 5.16 Å². The smallest absolute Gasteiger partial charge is 0.316 e. The van der Waals surface area contributed by atoms with Crippen LogP contribution in [-0.4, -0.2) is 53.0 Å². The van der Waals surface area contributed by atoms with Crippen LogP contribution in [0.25, 0.3) is 0 Å². The van der Waals surface area contributed by atoms with Crippen LogP contribution < -0.4 is 10.2 Å². The molecule has 0 saturated heterocycles. The monoisotopic (exact) mass is 385 g/mol. The van der Waals surface area contributed by atoms with Crippen LogP contribution in [0.2, 0.25) is 0 Å². The molecule has 1 amide bonds. The number of hydrogen-bond donors (Lipinski definition) is 2. The molecule has 9 heteroatoms. The van der Waals surface area contributed by atoms with Crippen molar-refractivity contribution in [3.63, 3.8) is 0 Å². The lowest BCUT2D eigenvalue weighted by Crippen LogP contribution is -3.05. The second-order valence-electron chi connectivity index (χ2n) is 5.72. The number of halogens is 1. The highest BCUT2D eigenvalue weighted by molar-refractivity contribution is 9.10. The lowest BCUT2D eigenvalue weighted by Gasteiger charge is -2.06. The summed E-state index contributed by atoms with van der Waals surface area (Å²) in [4.78, 5) is 17.4. The first kappa shape index (κ1) is 17.6. The summed E-state index contributed by atoms with van der Waals surface area (Å²) in [5.41, 5.74) is 1.87. The fraction of sp³-hybridized carbons (Fsp3) is 0.571. The third-order valence-corrected chi connectivity index (χ3v) is 4.53. The van der Waals surface area contributed by atoms with Gasteiger partial charge in [0.1, 0.15) is 6.54 Å². The zero-order valence-corrected chi connectivity index (χ0v) is 15.4. The van der Waals surface area contributed by atoms with Gasteiger partial charge in [-0.25, -0.2) is 0 Å². The fourth-order valence-corrected chi connectivity index (χ4v) is 2.38. The van der Waals surface area contributed by atoms with Crippen LogP contribution in [0, 0.1) is 13.8 Å². The van der Waals surface area contributed by atoms with Gasteiger partial charge in [0.25, 0.3) is 0 Å². The molecule has 2 aromatic rings. The van der Waals surface area contributed by atoms with E-state index in [-0.39, 0.29) is 11.8 Å². The van der Waals surface area contributed by atoms with E-state index in [1.54, 1.807) is 4.68 Å². The van der Waals surface area contributed by atoms with Crippen molar-refractivity contribution in [2.75, 3.05) is 27.2 Å². The van der Waals surface area contributed by atoms with E-state index in [1.165, 1.54) is 4.90 Å². The molecule has 2 aromatic heterocycles. The highest BCUT2D eigenvalue weighted by Gasteiger charge is 2.16. The molecule has 0 fully saturated rings. The topological polar surface area (TPSA) is 90.3 Å². The molecule has 0 aromatic carbocycles. The average molecular weight is 386 g/mol. The van der Waals surface area contributed by atoms with Gasteiger partial charge in [-0.15, -0.1) is 0 Å². The van der Waals surface area contributed by atoms with E-state index in [2.05, 4.69) is 50.6 Å². The van der Waals surface area contributed by atoms with Gasteiger partial charge in [0.2, 0.25) is 0 Å². The van der Waals surface area contributed by atoms with Gasteiger partial charge in [0.15, 0.2) is 5.82 Å². The van der Waals surface area contributed by atoms with Crippen molar-refractivity contribution >= 4 is 21.8 Å². The van der Waals surface area contributed by atoms with Gasteiger partial charge in [0.05, 0.1) is 36.5 Å². The number of aromatic nitrogens is 4. The Morgan fingerprint density at radius 1 is 1.39 bits per heavy atom. The van der Waals surface area contributed by atoms with Crippen molar-refractivity contribution in [1.29, 1.82) is 0 Å². The number of quaternary nitrogens is 1. The number of aryl methyl sites for hydroxylation is 1.